The summed E-state index contributed by atoms with van der Waals surface area (Å²) < 4.78 is 0. The fourth-order valence-electron chi connectivity index (χ4n) is 1.92. The average Bonchev–Trinajstić information content (AvgIpc) is 2.37. The lowest BCUT2D eigenvalue weighted by Crippen LogP contribution is -2.22. The number of anilines is 1. The molecule has 1 aromatic heterocycles. The van der Waals surface area contributed by atoms with E-state index in [4.69, 9.17) is 5.11 Å². The van der Waals surface area contributed by atoms with E-state index >= 15 is 0 Å². The number of pyridine rings is 1. The van der Waals surface area contributed by atoms with Crippen LogP contribution in [0.15, 0.2) is 30.5 Å². The highest BCUT2D eigenvalue weighted by Crippen LogP contribution is 2.26. The minimum Gasteiger partial charge on any atom is -0.395 e. The van der Waals surface area contributed by atoms with Crippen molar-refractivity contribution in [3.05, 3.63) is 36.0 Å². The van der Waals surface area contributed by atoms with Crippen LogP contribution >= 0.6 is 0 Å². The highest BCUT2D eigenvalue weighted by Gasteiger charge is 2.09. The summed E-state index contributed by atoms with van der Waals surface area (Å²) in [5.74, 6) is 0.826. The topological polar surface area (TPSA) is 56.6 Å². The molecule has 0 saturated heterocycles. The molecule has 0 fully saturated rings. The lowest BCUT2D eigenvalue weighted by molar-refractivity contribution is 0.283. The fourth-order valence-corrected chi connectivity index (χ4v) is 1.92. The van der Waals surface area contributed by atoms with Gasteiger partial charge in [0.25, 0.3) is 0 Å². The van der Waals surface area contributed by atoms with Gasteiger partial charge in [0.1, 0.15) is 5.82 Å². The van der Waals surface area contributed by atoms with Gasteiger partial charge in [0.2, 0.25) is 0 Å². The van der Waals surface area contributed by atoms with E-state index in [-0.39, 0.29) is 13.2 Å². The third-order valence-electron chi connectivity index (χ3n) is 2.82. The molecule has 0 atom stereocenters. The summed E-state index contributed by atoms with van der Waals surface area (Å²) in [6, 6.07) is 7.84. The Bertz CT molecular complexity index is 514. The standard InChI is InChI=1S/C13H16N2O2/c1-15(6-7-16)13-12-5-3-2-4-11(12)10(9-17)8-14-13/h2-5,8,16-17H,6-7,9H2,1H3. The molecule has 0 radical (unpaired) electrons. The third kappa shape index (κ3) is 2.23. The van der Waals surface area contributed by atoms with Crippen LogP contribution in [-0.2, 0) is 6.61 Å². The van der Waals surface area contributed by atoms with Crippen molar-refractivity contribution in [1.82, 2.24) is 4.98 Å². The first-order valence-electron chi connectivity index (χ1n) is 5.57. The fraction of sp³-hybridized carbons (Fsp3) is 0.308. The zero-order valence-corrected chi connectivity index (χ0v) is 9.80. The third-order valence-corrected chi connectivity index (χ3v) is 2.82. The van der Waals surface area contributed by atoms with Crippen molar-refractivity contribution in [2.75, 3.05) is 25.1 Å². The number of aromatic nitrogens is 1. The molecule has 0 aliphatic carbocycles. The van der Waals surface area contributed by atoms with Gasteiger partial charge in [0.15, 0.2) is 0 Å². The minimum absolute atomic E-state index is 0.0164. The average molecular weight is 232 g/mol. The van der Waals surface area contributed by atoms with Crippen LogP contribution in [0.4, 0.5) is 5.82 Å². The van der Waals surface area contributed by atoms with Crippen molar-refractivity contribution in [3.63, 3.8) is 0 Å². The summed E-state index contributed by atoms with van der Waals surface area (Å²) in [4.78, 5) is 6.26. The van der Waals surface area contributed by atoms with Crippen LogP contribution < -0.4 is 4.90 Å². The van der Waals surface area contributed by atoms with Crippen molar-refractivity contribution < 1.29 is 10.2 Å². The first-order chi connectivity index (χ1) is 8.27. The molecule has 1 aromatic carbocycles. The maximum Gasteiger partial charge on any atom is 0.136 e. The summed E-state index contributed by atoms with van der Waals surface area (Å²) >= 11 is 0. The molecule has 90 valence electrons. The monoisotopic (exact) mass is 232 g/mol. The van der Waals surface area contributed by atoms with Crippen molar-refractivity contribution in [2.45, 2.75) is 6.61 Å². The van der Waals surface area contributed by atoms with E-state index < -0.39 is 0 Å². The van der Waals surface area contributed by atoms with E-state index in [0.717, 1.165) is 22.2 Å². The van der Waals surface area contributed by atoms with E-state index in [1.165, 1.54) is 0 Å². The Balaban J connectivity index is 2.58. The van der Waals surface area contributed by atoms with Crippen molar-refractivity contribution in [2.24, 2.45) is 0 Å². The van der Waals surface area contributed by atoms with Gasteiger partial charge in [-0.25, -0.2) is 4.98 Å². The summed E-state index contributed by atoms with van der Waals surface area (Å²) in [7, 11) is 1.89. The number of nitrogens with zero attached hydrogens (tertiary/aromatic N) is 2. The molecule has 0 unspecified atom stereocenters. The maximum absolute atomic E-state index is 9.27. The van der Waals surface area contributed by atoms with E-state index in [1.807, 2.05) is 36.2 Å². The molecule has 0 aliphatic rings. The smallest absolute Gasteiger partial charge is 0.136 e. The summed E-state index contributed by atoms with van der Waals surface area (Å²) in [6.07, 6.45) is 1.69. The first kappa shape index (κ1) is 11.8. The molecule has 17 heavy (non-hydrogen) atoms. The number of benzene rings is 1. The Morgan fingerprint density at radius 2 is 1.88 bits per heavy atom. The van der Waals surface area contributed by atoms with Crippen molar-refractivity contribution >= 4 is 16.6 Å². The highest BCUT2D eigenvalue weighted by molar-refractivity contribution is 5.94. The Morgan fingerprint density at radius 3 is 2.53 bits per heavy atom. The second-order valence-electron chi connectivity index (χ2n) is 3.96. The second kappa shape index (κ2) is 5.12. The molecule has 2 rings (SSSR count). The molecule has 0 aliphatic heterocycles. The van der Waals surface area contributed by atoms with Crippen LogP contribution in [0.5, 0.6) is 0 Å². The Kier molecular flexibility index (Phi) is 3.56. The predicted molar refractivity (Wildman–Crippen MR) is 68.0 cm³/mol. The quantitative estimate of drug-likeness (QED) is 0.830. The molecule has 1 heterocycles. The number of hydrogen-bond donors (Lipinski definition) is 2. The van der Waals surface area contributed by atoms with Gasteiger partial charge in [-0.2, -0.15) is 0 Å². The molecule has 4 nitrogen and oxygen atoms in total. The molecule has 4 heteroatoms. The van der Waals surface area contributed by atoms with Gasteiger partial charge in [-0.15, -0.1) is 0 Å². The highest BCUT2D eigenvalue weighted by atomic mass is 16.3. The van der Waals surface area contributed by atoms with Gasteiger partial charge in [-0.3, -0.25) is 0 Å². The first-order valence-corrected chi connectivity index (χ1v) is 5.57. The summed E-state index contributed by atoms with van der Waals surface area (Å²) in [5, 5.41) is 20.2. The molecule has 2 aromatic rings. The van der Waals surface area contributed by atoms with Gasteiger partial charge < -0.3 is 15.1 Å². The Morgan fingerprint density at radius 1 is 1.18 bits per heavy atom. The molecule has 0 saturated carbocycles. The predicted octanol–water partition coefficient (Wildman–Crippen LogP) is 1.16. The van der Waals surface area contributed by atoms with Crippen LogP contribution in [-0.4, -0.2) is 35.4 Å². The van der Waals surface area contributed by atoms with Crippen LogP contribution in [0, 0.1) is 0 Å². The molecule has 2 N–H and O–H groups in total. The number of aliphatic hydroxyl groups excluding tert-OH is 2. The van der Waals surface area contributed by atoms with Crippen LogP contribution in [0.25, 0.3) is 10.8 Å². The van der Waals surface area contributed by atoms with Crippen LogP contribution in [0.2, 0.25) is 0 Å². The van der Waals surface area contributed by atoms with Gasteiger partial charge in [-0.05, 0) is 5.39 Å². The van der Waals surface area contributed by atoms with E-state index in [9.17, 15) is 5.11 Å². The van der Waals surface area contributed by atoms with Crippen LogP contribution in [0.3, 0.4) is 0 Å². The number of fused-ring (bicyclic) bond motifs is 1. The van der Waals surface area contributed by atoms with Gasteiger partial charge >= 0.3 is 0 Å². The van der Waals surface area contributed by atoms with Gasteiger partial charge in [0.05, 0.1) is 13.2 Å². The minimum atomic E-state index is -0.0164. The number of rotatable bonds is 4. The lowest BCUT2D eigenvalue weighted by Gasteiger charge is -2.19. The lowest BCUT2D eigenvalue weighted by atomic mass is 10.1. The van der Waals surface area contributed by atoms with Crippen molar-refractivity contribution in [1.29, 1.82) is 0 Å². The molecule has 0 bridgehead atoms. The van der Waals surface area contributed by atoms with Crippen LogP contribution in [0.1, 0.15) is 5.56 Å². The Hall–Kier alpha value is -1.65. The van der Waals surface area contributed by atoms with Gasteiger partial charge in [-0.1, -0.05) is 24.3 Å². The molecular weight excluding hydrogens is 216 g/mol. The zero-order valence-electron chi connectivity index (χ0n) is 9.80. The maximum atomic E-state index is 9.27. The van der Waals surface area contributed by atoms with E-state index in [0.29, 0.717) is 6.54 Å². The number of likely N-dealkylation sites (N-methyl/N-ethyl adjacent to an activating group) is 1. The molecular formula is C13H16N2O2. The summed E-state index contributed by atoms with van der Waals surface area (Å²) in [5.41, 5.74) is 0.821. The second-order valence-corrected chi connectivity index (χ2v) is 3.96. The largest absolute Gasteiger partial charge is 0.395 e. The molecule has 0 amide bonds. The van der Waals surface area contributed by atoms with E-state index in [1.54, 1.807) is 6.20 Å². The SMILES string of the molecule is CN(CCO)c1ncc(CO)c2ccccc12. The number of hydrogen-bond acceptors (Lipinski definition) is 4. The van der Waals surface area contributed by atoms with E-state index in [2.05, 4.69) is 4.98 Å². The molecule has 0 spiro atoms. The normalized spacial score (nSPS) is 10.8. The number of aliphatic hydroxyl groups is 2. The van der Waals surface area contributed by atoms with Gasteiger partial charge in [0, 0.05) is 30.7 Å². The van der Waals surface area contributed by atoms with Crippen molar-refractivity contribution in [3.8, 4) is 0 Å². The Labute approximate surface area is 100 Å². The summed E-state index contributed by atoms with van der Waals surface area (Å²) in [6.45, 7) is 0.612. The zero-order chi connectivity index (χ0) is 12.3.